The minimum atomic E-state index is 0.743. The van der Waals surface area contributed by atoms with Crippen LogP contribution in [0.4, 0.5) is 0 Å². The fourth-order valence-corrected chi connectivity index (χ4v) is 8.49. The number of aryl methyl sites for hydroxylation is 1. The summed E-state index contributed by atoms with van der Waals surface area (Å²) in [5.74, 6) is 0.743. The Labute approximate surface area is 485 Å². The smallest absolute Gasteiger partial charge is 0.160 e. The molecule has 0 amide bonds. The molecule has 0 aliphatic heterocycles. The van der Waals surface area contributed by atoms with E-state index in [0.29, 0.717) is 0 Å². The lowest BCUT2D eigenvalue weighted by Gasteiger charge is -2.15. The average molecular weight is 1060 g/mol. The summed E-state index contributed by atoms with van der Waals surface area (Å²) in [6.07, 6.45) is 15.8. The predicted molar refractivity (Wildman–Crippen MR) is 360 cm³/mol. The van der Waals surface area contributed by atoms with E-state index in [2.05, 4.69) is 261 Å². The van der Waals surface area contributed by atoms with Gasteiger partial charge in [0.1, 0.15) is 0 Å². The van der Waals surface area contributed by atoms with Crippen molar-refractivity contribution in [2.24, 2.45) is 0 Å². The second-order valence-electron chi connectivity index (χ2n) is 18.1. The highest BCUT2D eigenvalue weighted by molar-refractivity contribution is 5.89. The Balaban J connectivity index is 0.000000348. The van der Waals surface area contributed by atoms with Crippen molar-refractivity contribution in [3.8, 4) is 56.2 Å². The fraction of sp³-hybridized carbons (Fsp3) is 0.231. The predicted octanol–water partition coefficient (Wildman–Crippen LogP) is 24.2. The van der Waals surface area contributed by atoms with Crippen LogP contribution in [0.15, 0.2) is 244 Å². The molecular weight excluding hydrogens is 965 g/mol. The van der Waals surface area contributed by atoms with Gasteiger partial charge in [-0.3, -0.25) is 0 Å². The van der Waals surface area contributed by atoms with Crippen LogP contribution >= 0.6 is 0 Å². The Kier molecular flexibility index (Phi) is 31.0. The quantitative estimate of drug-likeness (QED) is 0.0953. The summed E-state index contributed by atoms with van der Waals surface area (Å²) in [7, 11) is 0. The Morgan fingerprint density at radius 1 is 0.475 bits per heavy atom. The molecule has 1 fully saturated rings. The number of allylic oxidation sites excluding steroid dienone is 6. The SMILES string of the molecule is C/C=C(\C=C/c1ccc2ccc(-c3nc(-c4ccccc4)c(C)c(-c4ccccc4C)n3)cc2c1)CC.C1CCC1.C=C.C=C(/C=C(\C)c1ccc(-c2ccccc2)cc1)c1ccc(-c2ccccc2)cc1.CC.CC.CC.CC. The van der Waals surface area contributed by atoms with Crippen molar-refractivity contribution in [1.82, 2.24) is 9.97 Å². The zero-order valence-corrected chi connectivity index (χ0v) is 50.9. The van der Waals surface area contributed by atoms with Gasteiger partial charge in [-0.05, 0) is 113 Å². The first-order valence-electron chi connectivity index (χ1n) is 29.3. The maximum atomic E-state index is 5.14. The number of benzene rings is 8. The second kappa shape index (κ2) is 37.6. The molecule has 0 spiro atoms. The molecule has 1 heterocycles. The van der Waals surface area contributed by atoms with E-state index in [9.17, 15) is 0 Å². The summed E-state index contributed by atoms with van der Waals surface area (Å²) >= 11 is 0. The van der Waals surface area contributed by atoms with Gasteiger partial charge in [0, 0.05) is 22.3 Å². The third kappa shape index (κ3) is 19.6. The highest BCUT2D eigenvalue weighted by Crippen LogP contribution is 2.35. The minimum absolute atomic E-state index is 0.743. The third-order valence-electron chi connectivity index (χ3n) is 13.2. The lowest BCUT2D eigenvalue weighted by molar-refractivity contribution is 0.504. The first kappa shape index (κ1) is 66.1. The molecule has 1 aliphatic carbocycles. The number of nitrogens with zero attached hydrogens (tertiary/aromatic N) is 2. The van der Waals surface area contributed by atoms with Crippen molar-refractivity contribution in [2.45, 2.75) is 122 Å². The molecule has 0 bridgehead atoms. The summed E-state index contributed by atoms with van der Waals surface area (Å²) < 4.78 is 0. The number of rotatable bonds is 11. The van der Waals surface area contributed by atoms with Gasteiger partial charge in [-0.25, -0.2) is 9.97 Å². The third-order valence-corrected chi connectivity index (χ3v) is 13.2. The number of fused-ring (bicyclic) bond motifs is 1. The molecule has 2 heteroatoms. The van der Waals surface area contributed by atoms with Crippen molar-refractivity contribution in [3.05, 3.63) is 272 Å². The molecule has 1 aliphatic rings. The summed E-state index contributed by atoms with van der Waals surface area (Å²) in [5, 5.41) is 2.39. The van der Waals surface area contributed by atoms with E-state index in [4.69, 9.17) is 9.97 Å². The molecular formula is C78H92N2. The Morgan fingerprint density at radius 3 is 1.40 bits per heavy atom. The van der Waals surface area contributed by atoms with Gasteiger partial charge in [0.05, 0.1) is 11.4 Å². The number of aromatic nitrogens is 2. The van der Waals surface area contributed by atoms with Gasteiger partial charge >= 0.3 is 0 Å². The molecule has 1 saturated carbocycles. The molecule has 0 unspecified atom stereocenters. The Hall–Kier alpha value is -8.20. The van der Waals surface area contributed by atoms with Gasteiger partial charge in [0.2, 0.25) is 0 Å². The second-order valence-corrected chi connectivity index (χ2v) is 18.1. The van der Waals surface area contributed by atoms with E-state index < -0.39 is 0 Å². The van der Waals surface area contributed by atoms with Crippen LogP contribution in [0.25, 0.3) is 84.2 Å². The molecule has 2 nitrogen and oxygen atoms in total. The van der Waals surface area contributed by atoms with Crippen molar-refractivity contribution >= 4 is 28.0 Å². The van der Waals surface area contributed by atoms with Gasteiger partial charge < -0.3 is 0 Å². The fourth-order valence-electron chi connectivity index (χ4n) is 8.49. The molecule has 80 heavy (non-hydrogen) atoms. The van der Waals surface area contributed by atoms with Crippen LogP contribution in [-0.4, -0.2) is 9.97 Å². The zero-order valence-electron chi connectivity index (χ0n) is 50.9. The topological polar surface area (TPSA) is 25.8 Å². The minimum Gasteiger partial charge on any atom is -0.228 e. The molecule has 0 N–H and O–H groups in total. The van der Waals surface area contributed by atoms with E-state index in [1.807, 2.05) is 73.6 Å². The van der Waals surface area contributed by atoms with Crippen molar-refractivity contribution in [2.75, 3.05) is 0 Å². The lowest BCUT2D eigenvalue weighted by atomic mass is 9.97. The largest absolute Gasteiger partial charge is 0.228 e. The average Bonchev–Trinajstić information content (AvgIpc) is 3.54. The lowest BCUT2D eigenvalue weighted by Crippen LogP contribution is -2.01. The molecule has 10 rings (SSSR count). The van der Waals surface area contributed by atoms with Crippen LogP contribution < -0.4 is 0 Å². The molecule has 0 saturated heterocycles. The highest BCUT2D eigenvalue weighted by Gasteiger charge is 2.17. The first-order chi connectivity index (χ1) is 39.3. The van der Waals surface area contributed by atoms with Crippen LogP contribution in [0.1, 0.15) is 136 Å². The zero-order chi connectivity index (χ0) is 58.7. The van der Waals surface area contributed by atoms with Crippen LogP contribution in [-0.2, 0) is 0 Å². The summed E-state index contributed by atoms with van der Waals surface area (Å²) in [4.78, 5) is 10.2. The van der Waals surface area contributed by atoms with E-state index in [1.165, 1.54) is 86.5 Å². The number of hydrogen-bond acceptors (Lipinski definition) is 2. The van der Waals surface area contributed by atoms with E-state index >= 15 is 0 Å². The maximum absolute atomic E-state index is 5.14. The van der Waals surface area contributed by atoms with E-state index in [0.717, 1.165) is 57.0 Å². The van der Waals surface area contributed by atoms with Crippen LogP contribution in [0.3, 0.4) is 0 Å². The molecule has 9 aromatic rings. The standard InChI is InChI=1S/C35H32N2.C29H24.C4H8.4C2H6.C2H4/c1-5-26(6-2)16-17-27-18-19-28-20-21-30(23-31(28)22-27)35-36-33(29-13-8-7-9-14-29)25(4)34(37-35)32-15-11-10-12-24(32)3;1-22(24-13-17-28(18-14-24)26-9-5-3-6-10-26)21-23(2)25-15-19-29(20-16-25)27-11-7-4-8-12-27;1-2-4-3-1;5*1-2/h5,7-23H,6H2,1-4H3;3-21H,1H2,2H3;1-4H2;4*1-2H3;1-2H2/b17-16-,26-5-;23-21+;;;;;;. The molecule has 8 aromatic carbocycles. The van der Waals surface area contributed by atoms with Crippen molar-refractivity contribution in [3.63, 3.8) is 0 Å². The van der Waals surface area contributed by atoms with Gasteiger partial charge in [0.15, 0.2) is 5.82 Å². The van der Waals surface area contributed by atoms with Crippen LogP contribution in [0.5, 0.6) is 0 Å². The molecule has 0 atom stereocenters. The Morgan fingerprint density at radius 2 is 0.912 bits per heavy atom. The maximum Gasteiger partial charge on any atom is 0.160 e. The van der Waals surface area contributed by atoms with Crippen LogP contribution in [0.2, 0.25) is 0 Å². The van der Waals surface area contributed by atoms with Gasteiger partial charge in [0.25, 0.3) is 0 Å². The first-order valence-corrected chi connectivity index (χ1v) is 29.3. The Bertz CT molecular complexity index is 3260. The van der Waals surface area contributed by atoms with E-state index in [-0.39, 0.29) is 0 Å². The normalized spacial score (nSPS) is 11.2. The van der Waals surface area contributed by atoms with Crippen LogP contribution in [0, 0.1) is 13.8 Å². The molecule has 0 radical (unpaired) electrons. The van der Waals surface area contributed by atoms with Crippen molar-refractivity contribution < 1.29 is 0 Å². The monoisotopic (exact) mass is 1060 g/mol. The molecule has 1 aromatic heterocycles. The summed E-state index contributed by atoms with van der Waals surface area (Å²) in [6, 6.07) is 70.2. The highest BCUT2D eigenvalue weighted by atomic mass is 14.9. The van der Waals surface area contributed by atoms with Gasteiger partial charge in [-0.2, -0.15) is 0 Å². The van der Waals surface area contributed by atoms with Gasteiger partial charge in [-0.15, -0.1) is 13.2 Å². The van der Waals surface area contributed by atoms with Crippen molar-refractivity contribution in [1.29, 1.82) is 0 Å². The van der Waals surface area contributed by atoms with Gasteiger partial charge in [-0.1, -0.05) is 313 Å². The molecule has 414 valence electrons. The van der Waals surface area contributed by atoms with E-state index in [1.54, 1.807) is 0 Å². The summed E-state index contributed by atoms with van der Waals surface area (Å²) in [6.45, 7) is 37.0. The summed E-state index contributed by atoms with van der Waals surface area (Å²) in [5.41, 5.74) is 19.5. The number of hydrogen-bond donors (Lipinski definition) is 0.